The second-order valence-electron chi connectivity index (χ2n) is 8.22. The number of carbonyl (C=O) groups excluding carboxylic acids is 1. The van der Waals surface area contributed by atoms with E-state index < -0.39 is 0 Å². The highest BCUT2D eigenvalue weighted by Crippen LogP contribution is 2.17. The highest BCUT2D eigenvalue weighted by molar-refractivity contribution is 5.85. The summed E-state index contributed by atoms with van der Waals surface area (Å²) < 4.78 is 2.09. The number of hydrogen-bond donors (Lipinski definition) is 2. The van der Waals surface area contributed by atoms with Crippen LogP contribution in [0.25, 0.3) is 0 Å². The first-order chi connectivity index (χ1) is 12.5. The molecular weight excluding hydrogens is 360 g/mol. The van der Waals surface area contributed by atoms with E-state index in [-0.39, 0.29) is 18.3 Å². The predicted molar refractivity (Wildman–Crippen MR) is 115 cm³/mol. The molecule has 0 atom stereocenters. The zero-order valence-corrected chi connectivity index (χ0v) is 18.5. The van der Waals surface area contributed by atoms with E-state index in [4.69, 9.17) is 0 Å². The number of amides is 1. The van der Waals surface area contributed by atoms with Crippen molar-refractivity contribution in [3.8, 4) is 0 Å². The monoisotopic (exact) mass is 398 g/mol. The molecule has 1 aromatic heterocycles. The zero-order chi connectivity index (χ0) is 18.9. The van der Waals surface area contributed by atoms with E-state index in [1.165, 1.54) is 49.8 Å². The Morgan fingerprint density at radius 2 is 1.81 bits per heavy atom. The topological polar surface area (TPSA) is 59.0 Å². The number of aryl methyl sites for hydroxylation is 1. The fourth-order valence-corrected chi connectivity index (χ4v) is 3.91. The SMILES string of the molecule is Cc1nn(CC(C)C)c(C)c1CCC(=O)NCCNC1CCCCCC1.Cl. The van der Waals surface area contributed by atoms with E-state index in [1.807, 2.05) is 6.92 Å². The first kappa shape index (κ1) is 24.0. The lowest BCUT2D eigenvalue weighted by Crippen LogP contribution is -2.36. The highest BCUT2D eigenvalue weighted by Gasteiger charge is 2.14. The molecule has 27 heavy (non-hydrogen) atoms. The van der Waals surface area contributed by atoms with Crippen LogP contribution in [-0.2, 0) is 17.8 Å². The number of rotatable bonds is 9. The van der Waals surface area contributed by atoms with Crippen LogP contribution in [0.1, 0.15) is 75.7 Å². The number of carbonyl (C=O) groups is 1. The summed E-state index contributed by atoms with van der Waals surface area (Å²) in [6, 6.07) is 0.645. The van der Waals surface area contributed by atoms with Gasteiger partial charge in [0.25, 0.3) is 0 Å². The van der Waals surface area contributed by atoms with Crippen molar-refractivity contribution in [2.75, 3.05) is 13.1 Å². The Labute approximate surface area is 171 Å². The van der Waals surface area contributed by atoms with Crippen LogP contribution in [0, 0.1) is 19.8 Å². The maximum atomic E-state index is 12.2. The predicted octanol–water partition coefficient (Wildman–Crippen LogP) is 3.94. The Kier molecular flexibility index (Phi) is 11.0. The molecule has 5 nitrogen and oxygen atoms in total. The molecule has 0 bridgehead atoms. The van der Waals surface area contributed by atoms with Crippen molar-refractivity contribution in [1.82, 2.24) is 20.4 Å². The lowest BCUT2D eigenvalue weighted by molar-refractivity contribution is -0.121. The summed E-state index contributed by atoms with van der Waals surface area (Å²) in [5.74, 6) is 0.716. The second kappa shape index (κ2) is 12.4. The fraction of sp³-hybridized carbons (Fsp3) is 0.810. The lowest BCUT2D eigenvalue weighted by atomic mass is 10.1. The summed E-state index contributed by atoms with van der Waals surface area (Å²) in [6.45, 7) is 11.1. The van der Waals surface area contributed by atoms with Gasteiger partial charge in [-0.2, -0.15) is 5.10 Å². The summed E-state index contributed by atoms with van der Waals surface area (Å²) in [5, 5.41) is 11.3. The van der Waals surface area contributed by atoms with Crippen molar-refractivity contribution in [1.29, 1.82) is 0 Å². The minimum Gasteiger partial charge on any atom is -0.355 e. The number of nitrogens with one attached hydrogen (secondary N) is 2. The molecule has 2 rings (SSSR count). The maximum absolute atomic E-state index is 12.2. The van der Waals surface area contributed by atoms with Crippen LogP contribution in [0.5, 0.6) is 0 Å². The van der Waals surface area contributed by atoms with Gasteiger partial charge in [-0.05, 0) is 44.6 Å². The molecule has 1 amide bonds. The highest BCUT2D eigenvalue weighted by atomic mass is 35.5. The molecular formula is C21H39ClN4O. The van der Waals surface area contributed by atoms with Crippen LogP contribution in [0.2, 0.25) is 0 Å². The molecule has 156 valence electrons. The largest absolute Gasteiger partial charge is 0.355 e. The molecule has 0 saturated heterocycles. The van der Waals surface area contributed by atoms with Crippen LogP contribution < -0.4 is 10.6 Å². The van der Waals surface area contributed by atoms with Crippen molar-refractivity contribution in [3.05, 3.63) is 17.0 Å². The summed E-state index contributed by atoms with van der Waals surface area (Å²) in [6.07, 6.45) is 9.32. The molecule has 1 aliphatic rings. The van der Waals surface area contributed by atoms with Gasteiger partial charge in [-0.1, -0.05) is 39.5 Å². The average Bonchev–Trinajstić information content (AvgIpc) is 2.78. The third-order valence-corrected chi connectivity index (χ3v) is 5.41. The molecule has 0 spiro atoms. The Bertz CT molecular complexity index is 563. The standard InChI is InChI=1S/C21H38N4O.ClH/c1-16(2)15-25-18(4)20(17(3)24-25)11-12-21(26)23-14-13-22-19-9-7-5-6-8-10-19;/h16,19,22H,5-15H2,1-4H3,(H,23,26);1H. The van der Waals surface area contributed by atoms with Crippen LogP contribution in [-0.4, -0.2) is 34.8 Å². The van der Waals surface area contributed by atoms with Crippen LogP contribution >= 0.6 is 12.4 Å². The zero-order valence-electron chi connectivity index (χ0n) is 17.6. The normalized spacial score (nSPS) is 15.4. The molecule has 1 aromatic rings. The molecule has 0 radical (unpaired) electrons. The fourth-order valence-electron chi connectivity index (χ4n) is 3.91. The molecule has 1 heterocycles. The average molecular weight is 399 g/mol. The van der Waals surface area contributed by atoms with Gasteiger partial charge in [0.15, 0.2) is 0 Å². The van der Waals surface area contributed by atoms with Crippen LogP contribution in [0.3, 0.4) is 0 Å². The minimum atomic E-state index is 0. The Morgan fingerprint density at radius 3 is 2.44 bits per heavy atom. The Morgan fingerprint density at radius 1 is 1.15 bits per heavy atom. The van der Waals surface area contributed by atoms with E-state index in [9.17, 15) is 4.79 Å². The molecule has 2 N–H and O–H groups in total. The number of nitrogens with zero attached hydrogens (tertiary/aromatic N) is 2. The summed E-state index contributed by atoms with van der Waals surface area (Å²) in [5.41, 5.74) is 3.50. The third kappa shape index (κ3) is 8.22. The summed E-state index contributed by atoms with van der Waals surface area (Å²) >= 11 is 0. The molecule has 1 fully saturated rings. The van der Waals surface area contributed by atoms with Crippen molar-refractivity contribution in [2.24, 2.45) is 5.92 Å². The van der Waals surface area contributed by atoms with Gasteiger partial charge >= 0.3 is 0 Å². The van der Waals surface area contributed by atoms with E-state index in [2.05, 4.69) is 41.2 Å². The molecule has 0 aromatic carbocycles. The van der Waals surface area contributed by atoms with Crippen molar-refractivity contribution in [2.45, 2.75) is 91.6 Å². The van der Waals surface area contributed by atoms with Crippen molar-refractivity contribution < 1.29 is 4.79 Å². The van der Waals surface area contributed by atoms with Gasteiger partial charge in [-0.3, -0.25) is 9.48 Å². The first-order valence-electron chi connectivity index (χ1n) is 10.5. The van der Waals surface area contributed by atoms with Gasteiger partial charge in [0, 0.05) is 37.8 Å². The van der Waals surface area contributed by atoms with E-state index in [0.717, 1.165) is 31.7 Å². The quantitative estimate of drug-likeness (QED) is 0.489. The van der Waals surface area contributed by atoms with Gasteiger partial charge in [0.05, 0.1) is 5.69 Å². The Balaban J connectivity index is 0.00000364. The van der Waals surface area contributed by atoms with Gasteiger partial charge in [0.2, 0.25) is 5.91 Å². The van der Waals surface area contributed by atoms with Crippen LogP contribution in [0.15, 0.2) is 0 Å². The van der Waals surface area contributed by atoms with Crippen molar-refractivity contribution in [3.63, 3.8) is 0 Å². The molecule has 1 aliphatic carbocycles. The second-order valence-corrected chi connectivity index (χ2v) is 8.22. The number of hydrogen-bond acceptors (Lipinski definition) is 3. The van der Waals surface area contributed by atoms with Gasteiger partial charge in [0.1, 0.15) is 0 Å². The molecule has 6 heteroatoms. The van der Waals surface area contributed by atoms with E-state index in [0.29, 0.717) is 18.4 Å². The minimum absolute atomic E-state index is 0. The van der Waals surface area contributed by atoms with Gasteiger partial charge < -0.3 is 10.6 Å². The smallest absolute Gasteiger partial charge is 0.220 e. The summed E-state index contributed by atoms with van der Waals surface area (Å²) in [7, 11) is 0. The van der Waals surface area contributed by atoms with E-state index >= 15 is 0 Å². The van der Waals surface area contributed by atoms with Gasteiger partial charge in [-0.15, -0.1) is 12.4 Å². The molecule has 0 unspecified atom stereocenters. The number of aromatic nitrogens is 2. The maximum Gasteiger partial charge on any atom is 0.220 e. The lowest BCUT2D eigenvalue weighted by Gasteiger charge is -2.16. The number of halogens is 1. The van der Waals surface area contributed by atoms with Crippen molar-refractivity contribution >= 4 is 18.3 Å². The van der Waals surface area contributed by atoms with Gasteiger partial charge in [-0.25, -0.2) is 0 Å². The first-order valence-corrected chi connectivity index (χ1v) is 10.5. The summed E-state index contributed by atoms with van der Waals surface area (Å²) in [4.78, 5) is 12.2. The third-order valence-electron chi connectivity index (χ3n) is 5.41. The van der Waals surface area contributed by atoms with Crippen LogP contribution in [0.4, 0.5) is 0 Å². The van der Waals surface area contributed by atoms with E-state index in [1.54, 1.807) is 0 Å². The Hall–Kier alpha value is -1.07. The molecule has 1 saturated carbocycles. The molecule has 0 aliphatic heterocycles.